The number of carbonyl (C=O) groups is 4. The molecule has 0 bridgehead atoms. The van der Waals surface area contributed by atoms with Crippen LogP contribution in [-0.2, 0) is 48.1 Å². The molecule has 8 nitrogen and oxygen atoms in total. The summed E-state index contributed by atoms with van der Waals surface area (Å²) < 4.78 is 11.8. The van der Waals surface area contributed by atoms with Crippen molar-refractivity contribution in [2.24, 2.45) is 0 Å². The van der Waals surface area contributed by atoms with Gasteiger partial charge in [-0.05, 0) is 89.9 Å². The minimum atomic E-state index is -0.928. The predicted octanol–water partition coefficient (Wildman–Crippen LogP) is 18.4. The molecule has 0 amide bonds. The maximum absolute atomic E-state index is 12.4. The predicted molar refractivity (Wildman–Crippen MR) is 302 cm³/mol. The Morgan fingerprint density at radius 1 is 0.260 bits per heavy atom. The Balaban J connectivity index is -0.00000132. The van der Waals surface area contributed by atoms with Crippen molar-refractivity contribution < 1.29 is 58.3 Å². The molecule has 0 radical (unpaired) electrons. The molecule has 0 aromatic heterocycles. The van der Waals surface area contributed by atoms with E-state index < -0.39 is 11.9 Å². The summed E-state index contributed by atoms with van der Waals surface area (Å²) in [5, 5.41) is 20.8. The van der Waals surface area contributed by atoms with Gasteiger partial charge in [-0.1, -0.05) is 272 Å². The normalized spacial score (nSPS) is 11.9. The molecule has 0 N–H and O–H groups in total. The Kier molecular flexibility index (Phi) is 67.2. The summed E-state index contributed by atoms with van der Waals surface area (Å²) in [6.07, 6.45) is 61.9. The number of rotatable bonds is 58. The molecule has 0 heterocycles. The standard InChI is InChI=1S/2C32H62O4.Zn/c2*1-3-5-7-8-9-10-11-15-18-21-25-29-32(35)36-30(26-22-6-4-2)27-23-19-16-13-12-14-17-20-24-28-31(33)34;/h2*30H,3-29H2,1-2H3,(H,33,34);/q;;+2/p-2. The molecule has 0 aromatic rings. The number of hydrogen-bond acceptors (Lipinski definition) is 8. The van der Waals surface area contributed by atoms with Crippen molar-refractivity contribution in [3.05, 3.63) is 0 Å². The number of ether oxygens (including phenoxy) is 2. The molecule has 9 heteroatoms. The van der Waals surface area contributed by atoms with Crippen molar-refractivity contribution in [1.29, 1.82) is 0 Å². The van der Waals surface area contributed by atoms with Gasteiger partial charge in [-0.3, -0.25) is 9.59 Å². The summed E-state index contributed by atoms with van der Waals surface area (Å²) in [4.78, 5) is 45.6. The van der Waals surface area contributed by atoms with Crippen LogP contribution in [0.4, 0.5) is 0 Å². The topological polar surface area (TPSA) is 133 Å². The Hall–Kier alpha value is -1.50. The first-order valence-corrected chi connectivity index (χ1v) is 32.0. The molecule has 0 aliphatic rings. The van der Waals surface area contributed by atoms with Gasteiger partial charge in [0, 0.05) is 24.8 Å². The average molecular weight is 1090 g/mol. The fourth-order valence-corrected chi connectivity index (χ4v) is 9.88. The third kappa shape index (κ3) is 66.6. The number of unbranched alkanes of at least 4 members (excludes halogenated alkanes) is 40. The molecular formula is C64H122O8Zn. The van der Waals surface area contributed by atoms with Crippen molar-refractivity contribution >= 4 is 23.9 Å². The zero-order chi connectivity index (χ0) is 53.1. The van der Waals surface area contributed by atoms with E-state index >= 15 is 0 Å². The number of carbonyl (C=O) groups excluding carboxylic acids is 4. The van der Waals surface area contributed by atoms with Crippen LogP contribution < -0.4 is 10.2 Å². The third-order valence-corrected chi connectivity index (χ3v) is 14.6. The number of hydrogen-bond donors (Lipinski definition) is 0. The zero-order valence-electron chi connectivity index (χ0n) is 49.3. The number of carboxylic acids is 2. The summed E-state index contributed by atoms with van der Waals surface area (Å²) in [6, 6.07) is 0. The maximum Gasteiger partial charge on any atom is 2.00 e. The van der Waals surface area contributed by atoms with E-state index in [0.717, 1.165) is 116 Å². The van der Waals surface area contributed by atoms with Gasteiger partial charge in [0.25, 0.3) is 0 Å². The van der Waals surface area contributed by atoms with Gasteiger partial charge in [-0.25, -0.2) is 0 Å². The van der Waals surface area contributed by atoms with Crippen molar-refractivity contribution in [1.82, 2.24) is 0 Å². The monoisotopic (exact) mass is 1080 g/mol. The first-order valence-electron chi connectivity index (χ1n) is 32.0. The van der Waals surface area contributed by atoms with Gasteiger partial charge in [-0.15, -0.1) is 0 Å². The second kappa shape index (κ2) is 64.8. The zero-order valence-corrected chi connectivity index (χ0v) is 52.3. The fraction of sp³-hybridized carbons (Fsp3) is 0.938. The molecule has 428 valence electrons. The van der Waals surface area contributed by atoms with E-state index in [1.807, 2.05) is 0 Å². The molecular weight excluding hydrogens is 962 g/mol. The van der Waals surface area contributed by atoms with Gasteiger partial charge in [0.1, 0.15) is 12.2 Å². The maximum atomic E-state index is 12.4. The molecule has 0 spiro atoms. The smallest absolute Gasteiger partial charge is 0.550 e. The number of esters is 2. The van der Waals surface area contributed by atoms with Crippen LogP contribution in [0.25, 0.3) is 0 Å². The summed E-state index contributed by atoms with van der Waals surface area (Å²) in [5.74, 6) is -1.82. The van der Waals surface area contributed by atoms with E-state index in [2.05, 4.69) is 27.7 Å². The quantitative estimate of drug-likeness (QED) is 0.0334. The fourth-order valence-electron chi connectivity index (χ4n) is 9.88. The minimum Gasteiger partial charge on any atom is -0.550 e. The van der Waals surface area contributed by atoms with Crippen LogP contribution in [0.3, 0.4) is 0 Å². The van der Waals surface area contributed by atoms with Crippen LogP contribution in [0, 0.1) is 0 Å². The molecule has 2 atom stereocenters. The van der Waals surface area contributed by atoms with Crippen molar-refractivity contribution in [3.8, 4) is 0 Å². The van der Waals surface area contributed by atoms with E-state index in [4.69, 9.17) is 9.47 Å². The molecule has 0 aliphatic heterocycles. The number of aliphatic carboxylic acids is 2. The van der Waals surface area contributed by atoms with Crippen LogP contribution in [0.5, 0.6) is 0 Å². The Labute approximate surface area is 466 Å². The third-order valence-electron chi connectivity index (χ3n) is 14.6. The largest absolute Gasteiger partial charge is 2.00 e. The average Bonchev–Trinajstić information content (AvgIpc) is 3.35. The van der Waals surface area contributed by atoms with Gasteiger partial charge in [0.15, 0.2) is 0 Å². The summed E-state index contributed by atoms with van der Waals surface area (Å²) in [5.41, 5.74) is 0. The summed E-state index contributed by atoms with van der Waals surface area (Å²) in [7, 11) is 0. The minimum absolute atomic E-state index is 0. The van der Waals surface area contributed by atoms with Crippen molar-refractivity contribution in [2.45, 2.75) is 387 Å². The Morgan fingerprint density at radius 2 is 0.425 bits per heavy atom. The number of carboxylic acid groups (broad SMARTS) is 2. The Morgan fingerprint density at radius 3 is 0.644 bits per heavy atom. The molecule has 0 aliphatic carbocycles. The van der Waals surface area contributed by atoms with E-state index in [1.54, 1.807) is 0 Å². The van der Waals surface area contributed by atoms with E-state index in [9.17, 15) is 29.4 Å². The molecule has 0 rings (SSSR count). The van der Waals surface area contributed by atoms with E-state index in [-0.39, 0.29) is 56.5 Å². The second-order valence-corrected chi connectivity index (χ2v) is 22.0. The van der Waals surface area contributed by atoms with Crippen LogP contribution in [0.2, 0.25) is 0 Å². The molecule has 0 saturated heterocycles. The SMILES string of the molecule is CCCCCCCCCCCCCC(=O)OC(CCCCC)CCCCCCCCCCCC(=O)[O-].CCCCCCCCCCCCCC(=O)OC(CCCCC)CCCCCCCCCCCC(=O)[O-].[Zn+2]. The molecule has 0 fully saturated rings. The molecule has 0 aromatic carbocycles. The molecule has 2 unspecified atom stereocenters. The first kappa shape index (κ1) is 75.7. The van der Waals surface area contributed by atoms with Crippen molar-refractivity contribution in [3.63, 3.8) is 0 Å². The van der Waals surface area contributed by atoms with Crippen molar-refractivity contribution in [2.75, 3.05) is 0 Å². The van der Waals surface area contributed by atoms with E-state index in [1.165, 1.54) is 205 Å². The molecule has 0 saturated carbocycles. The van der Waals surface area contributed by atoms with Crippen LogP contribution >= 0.6 is 0 Å². The van der Waals surface area contributed by atoms with Gasteiger partial charge in [0.05, 0.1) is 0 Å². The molecule has 73 heavy (non-hydrogen) atoms. The Bertz CT molecular complexity index is 1050. The van der Waals surface area contributed by atoms with Crippen LogP contribution in [0.15, 0.2) is 0 Å². The summed E-state index contributed by atoms with van der Waals surface area (Å²) >= 11 is 0. The van der Waals surface area contributed by atoms with Gasteiger partial charge in [0.2, 0.25) is 0 Å². The van der Waals surface area contributed by atoms with Gasteiger partial charge < -0.3 is 29.3 Å². The van der Waals surface area contributed by atoms with E-state index in [0.29, 0.717) is 12.8 Å². The van der Waals surface area contributed by atoms with Gasteiger partial charge in [-0.2, -0.15) is 0 Å². The van der Waals surface area contributed by atoms with Crippen LogP contribution in [0.1, 0.15) is 374 Å². The summed E-state index contributed by atoms with van der Waals surface area (Å²) in [6.45, 7) is 8.97. The first-order chi connectivity index (χ1) is 35.2. The van der Waals surface area contributed by atoms with Gasteiger partial charge >= 0.3 is 31.4 Å². The second-order valence-electron chi connectivity index (χ2n) is 22.0. The van der Waals surface area contributed by atoms with Crippen LogP contribution in [-0.4, -0.2) is 36.1 Å².